The number of piperidine rings is 1. The Kier molecular flexibility index (Phi) is 5.52. The minimum Gasteiger partial charge on any atom is -0.484 e. The van der Waals surface area contributed by atoms with Gasteiger partial charge in [0.25, 0.3) is 5.91 Å². The molecule has 2 N–H and O–H groups in total. The standard InChI is InChI=1S/C15H20N2O3S/c1-19-13-3-2-8-17(9-13)14(18)10-20-12-6-4-11(5-7-12)15(16)21/h4-7,13H,2-3,8-10H2,1H3,(H2,16,21). The average molecular weight is 308 g/mol. The Hall–Kier alpha value is -1.66. The quantitative estimate of drug-likeness (QED) is 0.832. The van der Waals surface area contributed by atoms with Crippen molar-refractivity contribution in [3.63, 3.8) is 0 Å². The third-order valence-corrected chi connectivity index (χ3v) is 3.80. The Labute approximate surface area is 130 Å². The predicted octanol–water partition coefficient (Wildman–Crippen LogP) is 1.34. The van der Waals surface area contributed by atoms with E-state index in [0.29, 0.717) is 17.3 Å². The van der Waals surface area contributed by atoms with Gasteiger partial charge in [-0.05, 0) is 37.1 Å². The van der Waals surface area contributed by atoms with Crippen LogP contribution < -0.4 is 10.5 Å². The van der Waals surface area contributed by atoms with E-state index in [-0.39, 0.29) is 18.6 Å². The van der Waals surface area contributed by atoms with Gasteiger partial charge in [0.05, 0.1) is 6.10 Å². The lowest BCUT2D eigenvalue weighted by Crippen LogP contribution is -2.44. The zero-order chi connectivity index (χ0) is 15.2. The van der Waals surface area contributed by atoms with Crippen LogP contribution in [0.2, 0.25) is 0 Å². The number of nitrogens with zero attached hydrogens (tertiary/aromatic N) is 1. The van der Waals surface area contributed by atoms with Crippen LogP contribution in [-0.4, -0.2) is 48.7 Å². The molecule has 1 aliphatic rings. The molecule has 114 valence electrons. The van der Waals surface area contributed by atoms with Gasteiger partial charge < -0.3 is 20.1 Å². The molecule has 2 rings (SSSR count). The van der Waals surface area contributed by atoms with Crippen LogP contribution >= 0.6 is 12.2 Å². The van der Waals surface area contributed by atoms with Gasteiger partial charge in [0.2, 0.25) is 0 Å². The highest BCUT2D eigenvalue weighted by atomic mass is 32.1. The summed E-state index contributed by atoms with van der Waals surface area (Å²) in [5, 5.41) is 0. The Bertz CT molecular complexity index is 504. The summed E-state index contributed by atoms with van der Waals surface area (Å²) in [4.78, 5) is 14.2. The van der Waals surface area contributed by atoms with Gasteiger partial charge in [-0.3, -0.25) is 4.79 Å². The van der Waals surface area contributed by atoms with Gasteiger partial charge in [-0.1, -0.05) is 12.2 Å². The van der Waals surface area contributed by atoms with Crippen molar-refractivity contribution in [2.24, 2.45) is 5.73 Å². The van der Waals surface area contributed by atoms with Crippen molar-refractivity contribution in [3.05, 3.63) is 29.8 Å². The van der Waals surface area contributed by atoms with Crippen LogP contribution in [0.5, 0.6) is 5.75 Å². The van der Waals surface area contributed by atoms with Crippen molar-refractivity contribution in [3.8, 4) is 5.75 Å². The molecule has 21 heavy (non-hydrogen) atoms. The first-order valence-corrected chi connectivity index (χ1v) is 7.34. The van der Waals surface area contributed by atoms with E-state index in [4.69, 9.17) is 27.4 Å². The molecular weight excluding hydrogens is 288 g/mol. The lowest BCUT2D eigenvalue weighted by molar-refractivity contribution is -0.136. The molecule has 0 saturated carbocycles. The van der Waals surface area contributed by atoms with E-state index in [1.54, 1.807) is 36.3 Å². The number of thiocarbonyl (C=S) groups is 1. The number of rotatable bonds is 5. The molecule has 1 amide bonds. The highest BCUT2D eigenvalue weighted by molar-refractivity contribution is 7.80. The number of nitrogens with two attached hydrogens (primary N) is 1. The fraction of sp³-hybridized carbons (Fsp3) is 0.467. The van der Waals surface area contributed by atoms with Crippen LogP contribution in [0.15, 0.2) is 24.3 Å². The highest BCUT2D eigenvalue weighted by Gasteiger charge is 2.23. The zero-order valence-corrected chi connectivity index (χ0v) is 12.9. The smallest absolute Gasteiger partial charge is 0.260 e. The number of amides is 1. The Balaban J connectivity index is 1.84. The summed E-state index contributed by atoms with van der Waals surface area (Å²) in [6, 6.07) is 7.08. The first kappa shape index (κ1) is 15.7. The molecule has 1 atom stereocenters. The van der Waals surface area contributed by atoms with Crippen LogP contribution in [0.1, 0.15) is 18.4 Å². The van der Waals surface area contributed by atoms with Crippen molar-refractivity contribution in [1.29, 1.82) is 0 Å². The number of benzene rings is 1. The SMILES string of the molecule is COC1CCCN(C(=O)COc2ccc(C(N)=S)cc2)C1. The van der Waals surface area contributed by atoms with Gasteiger partial charge in [0, 0.05) is 25.8 Å². The molecule has 1 unspecified atom stereocenters. The van der Waals surface area contributed by atoms with E-state index < -0.39 is 0 Å². The van der Waals surface area contributed by atoms with Crippen molar-refractivity contribution < 1.29 is 14.3 Å². The molecule has 0 aliphatic carbocycles. The molecule has 1 heterocycles. The van der Waals surface area contributed by atoms with Gasteiger partial charge in [-0.2, -0.15) is 0 Å². The third kappa shape index (κ3) is 4.41. The molecule has 0 spiro atoms. The second-order valence-corrected chi connectivity index (χ2v) is 5.46. The lowest BCUT2D eigenvalue weighted by Gasteiger charge is -2.31. The molecule has 0 bridgehead atoms. The number of methoxy groups -OCH3 is 1. The second kappa shape index (κ2) is 7.38. The van der Waals surface area contributed by atoms with Crippen molar-refractivity contribution in [2.45, 2.75) is 18.9 Å². The number of hydrogen-bond donors (Lipinski definition) is 1. The van der Waals surface area contributed by atoms with E-state index in [9.17, 15) is 4.79 Å². The summed E-state index contributed by atoms with van der Waals surface area (Å²) in [5.74, 6) is 0.610. The Morgan fingerprint density at radius 3 is 2.76 bits per heavy atom. The molecule has 0 radical (unpaired) electrons. The van der Waals surface area contributed by atoms with Crippen LogP contribution in [0.4, 0.5) is 0 Å². The summed E-state index contributed by atoms with van der Waals surface area (Å²) in [7, 11) is 1.68. The molecule has 1 saturated heterocycles. The van der Waals surface area contributed by atoms with Crippen LogP contribution in [0.25, 0.3) is 0 Å². The lowest BCUT2D eigenvalue weighted by atomic mass is 10.1. The summed E-state index contributed by atoms with van der Waals surface area (Å²) in [6.07, 6.45) is 2.10. The fourth-order valence-corrected chi connectivity index (χ4v) is 2.44. The summed E-state index contributed by atoms with van der Waals surface area (Å²) in [6.45, 7) is 1.43. The van der Waals surface area contributed by atoms with Gasteiger partial charge in [0.1, 0.15) is 10.7 Å². The Morgan fingerprint density at radius 2 is 2.14 bits per heavy atom. The van der Waals surface area contributed by atoms with Crippen molar-refractivity contribution >= 4 is 23.1 Å². The van der Waals surface area contributed by atoms with Crippen LogP contribution in [0.3, 0.4) is 0 Å². The molecule has 5 nitrogen and oxygen atoms in total. The number of ether oxygens (including phenoxy) is 2. The van der Waals surface area contributed by atoms with E-state index in [2.05, 4.69) is 0 Å². The number of likely N-dealkylation sites (tertiary alicyclic amines) is 1. The Morgan fingerprint density at radius 1 is 1.43 bits per heavy atom. The third-order valence-electron chi connectivity index (χ3n) is 3.57. The molecular formula is C15H20N2O3S. The van der Waals surface area contributed by atoms with E-state index in [1.807, 2.05) is 0 Å². The summed E-state index contributed by atoms with van der Waals surface area (Å²) in [5.41, 5.74) is 6.31. The maximum Gasteiger partial charge on any atom is 0.260 e. The average Bonchev–Trinajstić information content (AvgIpc) is 2.53. The van der Waals surface area contributed by atoms with E-state index >= 15 is 0 Å². The number of carbonyl (C=O) groups excluding carboxylic acids is 1. The predicted molar refractivity (Wildman–Crippen MR) is 84.4 cm³/mol. The topological polar surface area (TPSA) is 64.8 Å². The minimum atomic E-state index is -0.0184. The first-order valence-electron chi connectivity index (χ1n) is 6.93. The molecule has 0 aromatic heterocycles. The van der Waals surface area contributed by atoms with E-state index in [0.717, 1.165) is 24.9 Å². The summed E-state index contributed by atoms with van der Waals surface area (Å²) < 4.78 is 10.8. The number of carbonyl (C=O) groups is 1. The van der Waals surface area contributed by atoms with Crippen molar-refractivity contribution in [1.82, 2.24) is 4.90 Å². The molecule has 1 aromatic rings. The normalized spacial score (nSPS) is 18.3. The first-order chi connectivity index (χ1) is 10.1. The van der Waals surface area contributed by atoms with E-state index in [1.165, 1.54) is 0 Å². The second-order valence-electron chi connectivity index (χ2n) is 5.02. The van der Waals surface area contributed by atoms with Crippen molar-refractivity contribution in [2.75, 3.05) is 26.8 Å². The summed E-state index contributed by atoms with van der Waals surface area (Å²) >= 11 is 4.88. The molecule has 1 aliphatic heterocycles. The van der Waals surface area contributed by atoms with Gasteiger partial charge >= 0.3 is 0 Å². The van der Waals surface area contributed by atoms with Crippen LogP contribution in [-0.2, 0) is 9.53 Å². The monoisotopic (exact) mass is 308 g/mol. The fourth-order valence-electron chi connectivity index (χ4n) is 2.31. The van der Waals surface area contributed by atoms with Gasteiger partial charge in [-0.25, -0.2) is 0 Å². The minimum absolute atomic E-state index is 0.0184. The molecule has 1 aromatic carbocycles. The maximum atomic E-state index is 12.1. The van der Waals surface area contributed by atoms with Gasteiger partial charge in [-0.15, -0.1) is 0 Å². The molecule has 1 fully saturated rings. The largest absolute Gasteiger partial charge is 0.484 e. The number of hydrogen-bond acceptors (Lipinski definition) is 4. The van der Waals surface area contributed by atoms with Crippen LogP contribution in [0, 0.1) is 0 Å². The zero-order valence-electron chi connectivity index (χ0n) is 12.1. The maximum absolute atomic E-state index is 12.1. The highest BCUT2D eigenvalue weighted by Crippen LogP contribution is 2.15. The molecule has 6 heteroatoms. The van der Waals surface area contributed by atoms with Gasteiger partial charge in [0.15, 0.2) is 6.61 Å².